The molecule has 0 spiro atoms. The van der Waals surface area contributed by atoms with Crippen LogP contribution in [-0.4, -0.2) is 42.7 Å². The monoisotopic (exact) mass is 184 g/mol. The average molecular weight is 184 g/mol. The second-order valence-electron chi connectivity index (χ2n) is 3.20. The van der Waals surface area contributed by atoms with Gasteiger partial charge in [-0.1, -0.05) is 5.16 Å². The van der Waals surface area contributed by atoms with Crippen LogP contribution in [0, 0.1) is 0 Å². The van der Waals surface area contributed by atoms with Crippen LogP contribution in [0.25, 0.3) is 0 Å². The molecule has 1 aromatic heterocycles. The van der Waals surface area contributed by atoms with Crippen LogP contribution in [0.2, 0.25) is 0 Å². The number of likely N-dealkylation sites (N-methyl/N-ethyl adjacent to an activating group) is 1. The van der Waals surface area contributed by atoms with E-state index in [1.165, 1.54) is 0 Å². The molecular formula is C8H16N4O. The third-order valence-electron chi connectivity index (χ3n) is 1.56. The van der Waals surface area contributed by atoms with Gasteiger partial charge in [-0.05, 0) is 21.1 Å². The minimum atomic E-state index is 0.700. The van der Waals surface area contributed by atoms with Gasteiger partial charge in [-0.15, -0.1) is 0 Å². The lowest BCUT2D eigenvalue weighted by Gasteiger charge is -2.03. The van der Waals surface area contributed by atoms with Gasteiger partial charge >= 0.3 is 0 Å². The maximum absolute atomic E-state index is 5.04. The Kier molecular flexibility index (Phi) is 3.85. The molecule has 0 atom stereocenters. The topological polar surface area (TPSA) is 54.2 Å². The van der Waals surface area contributed by atoms with Crippen molar-refractivity contribution in [1.29, 1.82) is 0 Å². The largest absolute Gasteiger partial charge is 0.339 e. The van der Waals surface area contributed by atoms with Crippen LogP contribution in [0.15, 0.2) is 4.52 Å². The van der Waals surface area contributed by atoms with Gasteiger partial charge in [0.25, 0.3) is 0 Å². The first kappa shape index (κ1) is 10.1. The van der Waals surface area contributed by atoms with E-state index in [1.54, 1.807) is 0 Å². The van der Waals surface area contributed by atoms with Crippen molar-refractivity contribution in [1.82, 2.24) is 20.4 Å². The van der Waals surface area contributed by atoms with Gasteiger partial charge in [-0.25, -0.2) is 0 Å². The lowest BCUT2D eigenvalue weighted by molar-refractivity contribution is 0.348. The summed E-state index contributed by atoms with van der Waals surface area (Å²) in [4.78, 5) is 6.24. The van der Waals surface area contributed by atoms with Crippen LogP contribution < -0.4 is 5.32 Å². The number of rotatable bonds is 5. The van der Waals surface area contributed by atoms with Gasteiger partial charge in [0.1, 0.15) is 0 Å². The molecule has 0 aliphatic carbocycles. The standard InChI is InChI=1S/C8H16N4O/c1-9-5-4-8-10-7(11-13-8)6-12(2)3/h9H,4-6H2,1-3H3. The van der Waals surface area contributed by atoms with Crippen molar-refractivity contribution >= 4 is 0 Å². The highest BCUT2D eigenvalue weighted by molar-refractivity contribution is 4.86. The Morgan fingerprint density at radius 2 is 2.23 bits per heavy atom. The molecule has 0 aromatic carbocycles. The first-order chi connectivity index (χ1) is 6.22. The van der Waals surface area contributed by atoms with E-state index in [1.807, 2.05) is 26.0 Å². The fourth-order valence-electron chi connectivity index (χ4n) is 0.971. The van der Waals surface area contributed by atoms with E-state index < -0.39 is 0 Å². The maximum atomic E-state index is 5.04. The van der Waals surface area contributed by atoms with Gasteiger partial charge in [0.05, 0.1) is 6.54 Å². The Hall–Kier alpha value is -0.940. The van der Waals surface area contributed by atoms with Crippen LogP contribution in [0.5, 0.6) is 0 Å². The molecule has 0 unspecified atom stereocenters. The molecule has 5 nitrogen and oxygen atoms in total. The van der Waals surface area contributed by atoms with Crippen molar-refractivity contribution in [3.8, 4) is 0 Å². The highest BCUT2D eigenvalue weighted by Gasteiger charge is 2.05. The lowest BCUT2D eigenvalue weighted by atomic mass is 10.4. The Morgan fingerprint density at radius 3 is 2.85 bits per heavy atom. The highest BCUT2D eigenvalue weighted by atomic mass is 16.5. The van der Waals surface area contributed by atoms with Crippen LogP contribution in [0.4, 0.5) is 0 Å². The number of aromatic nitrogens is 2. The molecule has 1 heterocycles. The molecule has 1 N–H and O–H groups in total. The molecule has 74 valence electrons. The van der Waals surface area contributed by atoms with E-state index in [9.17, 15) is 0 Å². The van der Waals surface area contributed by atoms with Gasteiger partial charge in [0.2, 0.25) is 5.89 Å². The summed E-state index contributed by atoms with van der Waals surface area (Å²) < 4.78 is 5.04. The predicted octanol–water partition coefficient (Wildman–Crippen LogP) is -0.107. The van der Waals surface area contributed by atoms with Crippen molar-refractivity contribution in [2.75, 3.05) is 27.7 Å². The van der Waals surface area contributed by atoms with Crippen molar-refractivity contribution in [3.05, 3.63) is 11.7 Å². The van der Waals surface area contributed by atoms with Gasteiger partial charge in [0.15, 0.2) is 5.82 Å². The molecule has 0 aliphatic heterocycles. The van der Waals surface area contributed by atoms with E-state index in [0.29, 0.717) is 5.89 Å². The Bertz CT molecular complexity index is 246. The maximum Gasteiger partial charge on any atom is 0.227 e. The molecule has 0 saturated carbocycles. The SMILES string of the molecule is CNCCc1nc(CN(C)C)no1. The average Bonchev–Trinajstić information content (AvgIpc) is 2.48. The lowest BCUT2D eigenvalue weighted by Crippen LogP contribution is -2.12. The summed E-state index contributed by atoms with van der Waals surface area (Å²) in [7, 11) is 5.85. The smallest absolute Gasteiger partial charge is 0.227 e. The first-order valence-corrected chi connectivity index (χ1v) is 4.33. The summed E-state index contributed by atoms with van der Waals surface area (Å²) in [5.41, 5.74) is 0. The summed E-state index contributed by atoms with van der Waals surface area (Å²) in [5, 5.41) is 6.88. The molecule has 13 heavy (non-hydrogen) atoms. The molecule has 0 fully saturated rings. The number of nitrogens with one attached hydrogen (secondary N) is 1. The summed E-state index contributed by atoms with van der Waals surface area (Å²) >= 11 is 0. The second kappa shape index (κ2) is 4.94. The molecule has 1 rings (SSSR count). The van der Waals surface area contributed by atoms with Crippen LogP contribution in [0.3, 0.4) is 0 Å². The van der Waals surface area contributed by atoms with Crippen molar-refractivity contribution in [3.63, 3.8) is 0 Å². The van der Waals surface area contributed by atoms with Crippen LogP contribution >= 0.6 is 0 Å². The third kappa shape index (κ3) is 3.52. The first-order valence-electron chi connectivity index (χ1n) is 4.33. The van der Waals surface area contributed by atoms with E-state index in [-0.39, 0.29) is 0 Å². The predicted molar refractivity (Wildman–Crippen MR) is 49.3 cm³/mol. The Labute approximate surface area is 78.1 Å². The number of nitrogens with zero attached hydrogens (tertiary/aromatic N) is 3. The van der Waals surface area contributed by atoms with Gasteiger partial charge in [-0.2, -0.15) is 4.98 Å². The fraction of sp³-hybridized carbons (Fsp3) is 0.750. The normalized spacial score (nSPS) is 11.1. The zero-order chi connectivity index (χ0) is 9.68. The van der Waals surface area contributed by atoms with Crippen LogP contribution in [-0.2, 0) is 13.0 Å². The van der Waals surface area contributed by atoms with Crippen molar-refractivity contribution in [2.45, 2.75) is 13.0 Å². The molecule has 0 amide bonds. The molecule has 0 aliphatic rings. The summed E-state index contributed by atoms with van der Waals surface area (Å²) in [6, 6.07) is 0. The molecule has 0 bridgehead atoms. The zero-order valence-electron chi connectivity index (χ0n) is 8.37. The number of hydrogen-bond donors (Lipinski definition) is 1. The van der Waals surface area contributed by atoms with E-state index in [4.69, 9.17) is 4.52 Å². The molecule has 0 saturated heterocycles. The minimum Gasteiger partial charge on any atom is -0.339 e. The fourth-order valence-corrected chi connectivity index (χ4v) is 0.971. The second-order valence-corrected chi connectivity index (χ2v) is 3.20. The van der Waals surface area contributed by atoms with E-state index in [2.05, 4.69) is 15.5 Å². The van der Waals surface area contributed by atoms with E-state index >= 15 is 0 Å². The molecule has 1 aromatic rings. The summed E-state index contributed by atoms with van der Waals surface area (Å²) in [6.45, 7) is 1.59. The third-order valence-corrected chi connectivity index (χ3v) is 1.56. The molecular weight excluding hydrogens is 168 g/mol. The van der Waals surface area contributed by atoms with Crippen LogP contribution in [0.1, 0.15) is 11.7 Å². The van der Waals surface area contributed by atoms with Gasteiger partial charge in [-0.3, -0.25) is 0 Å². The van der Waals surface area contributed by atoms with Gasteiger partial charge < -0.3 is 14.7 Å². The summed E-state index contributed by atoms with van der Waals surface area (Å²) in [6.07, 6.45) is 0.789. The molecule has 5 heteroatoms. The van der Waals surface area contributed by atoms with Crippen molar-refractivity contribution in [2.24, 2.45) is 0 Å². The highest BCUT2D eigenvalue weighted by Crippen LogP contribution is 1.99. The quantitative estimate of drug-likeness (QED) is 0.692. The molecule has 0 radical (unpaired) electrons. The summed E-state index contributed by atoms with van der Waals surface area (Å²) in [5.74, 6) is 1.45. The minimum absolute atomic E-state index is 0.700. The van der Waals surface area contributed by atoms with Gasteiger partial charge in [0, 0.05) is 13.0 Å². The zero-order valence-corrected chi connectivity index (χ0v) is 8.37. The van der Waals surface area contributed by atoms with Crippen molar-refractivity contribution < 1.29 is 4.52 Å². The Balaban J connectivity index is 2.44. The van der Waals surface area contributed by atoms with E-state index in [0.717, 1.165) is 25.3 Å². The number of hydrogen-bond acceptors (Lipinski definition) is 5. The Morgan fingerprint density at radius 1 is 1.46 bits per heavy atom.